The van der Waals surface area contributed by atoms with Crippen LogP contribution in [0.25, 0.3) is 0 Å². The van der Waals surface area contributed by atoms with Crippen molar-refractivity contribution in [1.82, 2.24) is 4.90 Å². The average Bonchev–Trinajstić information content (AvgIpc) is 3.26. The van der Waals surface area contributed by atoms with E-state index in [1.165, 1.54) is 0 Å². The fourth-order valence-electron chi connectivity index (χ4n) is 2.41. The lowest BCUT2D eigenvalue weighted by Crippen LogP contribution is -2.36. The number of aryl methyl sites for hydroxylation is 1. The third-order valence-corrected chi connectivity index (χ3v) is 3.52. The van der Waals surface area contributed by atoms with E-state index in [-0.39, 0.29) is 12.5 Å². The molecule has 1 aliphatic rings. The van der Waals surface area contributed by atoms with Crippen molar-refractivity contribution in [3.63, 3.8) is 0 Å². The molecule has 0 radical (unpaired) electrons. The summed E-state index contributed by atoms with van der Waals surface area (Å²) in [4.78, 5) is 14.8. The van der Waals surface area contributed by atoms with E-state index in [2.05, 4.69) is 25.7 Å². The Labute approximate surface area is 127 Å². The molecule has 0 aromatic heterocycles. The first-order valence-corrected chi connectivity index (χ1v) is 7.54. The fourth-order valence-corrected chi connectivity index (χ4v) is 2.41. The summed E-state index contributed by atoms with van der Waals surface area (Å²) in [7, 11) is 0. The summed E-state index contributed by atoms with van der Waals surface area (Å²) in [5.41, 5.74) is 2.42. The van der Waals surface area contributed by atoms with Crippen LogP contribution in [0.1, 0.15) is 48.2 Å². The number of aliphatic hydroxyl groups excluding tert-OH is 1. The Morgan fingerprint density at radius 1 is 1.43 bits per heavy atom. The highest BCUT2D eigenvalue weighted by Gasteiger charge is 2.33. The molecule has 3 nitrogen and oxygen atoms in total. The monoisotopic (exact) mass is 285 g/mol. The molecule has 0 unspecified atom stereocenters. The van der Waals surface area contributed by atoms with Crippen LogP contribution in [0.3, 0.4) is 0 Å². The molecule has 1 N–H and O–H groups in total. The summed E-state index contributed by atoms with van der Waals surface area (Å²) in [6.45, 7) is 6.82. The number of hydrogen-bond acceptors (Lipinski definition) is 2. The topological polar surface area (TPSA) is 40.5 Å². The Morgan fingerprint density at radius 2 is 2.14 bits per heavy atom. The number of amides is 1. The highest BCUT2D eigenvalue weighted by Crippen LogP contribution is 2.29. The van der Waals surface area contributed by atoms with Gasteiger partial charge in [-0.1, -0.05) is 31.8 Å². The van der Waals surface area contributed by atoms with Crippen molar-refractivity contribution < 1.29 is 9.90 Å². The van der Waals surface area contributed by atoms with Gasteiger partial charge in [-0.15, -0.1) is 0 Å². The molecule has 0 bridgehead atoms. The van der Waals surface area contributed by atoms with Gasteiger partial charge in [-0.2, -0.15) is 0 Å². The van der Waals surface area contributed by atoms with Crippen LogP contribution in [0.5, 0.6) is 0 Å². The van der Waals surface area contributed by atoms with E-state index >= 15 is 0 Å². The molecule has 0 heterocycles. The van der Waals surface area contributed by atoms with Gasteiger partial charge in [-0.05, 0) is 43.4 Å². The second-order valence-corrected chi connectivity index (χ2v) is 6.09. The smallest absolute Gasteiger partial charge is 0.255 e. The molecule has 1 fully saturated rings. The minimum atomic E-state index is -0.195. The first-order valence-electron chi connectivity index (χ1n) is 7.54. The number of aliphatic hydroxyl groups is 1. The van der Waals surface area contributed by atoms with Gasteiger partial charge in [-0.25, -0.2) is 0 Å². The van der Waals surface area contributed by atoms with Crippen molar-refractivity contribution in [3.8, 4) is 11.8 Å². The average molecular weight is 285 g/mol. The van der Waals surface area contributed by atoms with Gasteiger partial charge in [0.2, 0.25) is 0 Å². The lowest BCUT2D eigenvalue weighted by molar-refractivity contribution is 0.0722. The number of carbonyl (C=O) groups excluding carboxylic acids is 1. The third kappa shape index (κ3) is 4.09. The van der Waals surface area contributed by atoms with Crippen LogP contribution in [-0.4, -0.2) is 35.1 Å². The van der Waals surface area contributed by atoms with Crippen LogP contribution in [0.2, 0.25) is 0 Å². The molecular weight excluding hydrogens is 262 g/mol. The maximum absolute atomic E-state index is 12.9. The summed E-state index contributed by atoms with van der Waals surface area (Å²) < 4.78 is 0. The summed E-state index contributed by atoms with van der Waals surface area (Å²) >= 11 is 0. The molecule has 112 valence electrons. The standard InChI is InChI=1S/C18H23NO2/c1-13(2)12-19(16-7-8-16)18(21)17-9-6-14(3)11-15(17)5-4-10-20/h6,9,11,13,16,20H,7-8,10,12H2,1-3H3. The highest BCUT2D eigenvalue weighted by molar-refractivity contribution is 5.97. The Hall–Kier alpha value is -1.79. The highest BCUT2D eigenvalue weighted by atomic mass is 16.2. The second-order valence-electron chi connectivity index (χ2n) is 6.09. The van der Waals surface area contributed by atoms with Gasteiger partial charge in [0, 0.05) is 18.2 Å². The van der Waals surface area contributed by atoms with E-state index < -0.39 is 0 Å². The fraction of sp³-hybridized carbons (Fsp3) is 0.500. The van der Waals surface area contributed by atoms with Gasteiger partial charge in [0.1, 0.15) is 6.61 Å². The SMILES string of the molecule is Cc1ccc(C(=O)N(CC(C)C)C2CC2)c(C#CCO)c1. The number of benzene rings is 1. The van der Waals surface area contributed by atoms with Crippen LogP contribution in [0, 0.1) is 24.7 Å². The summed E-state index contributed by atoms with van der Waals surface area (Å²) in [5, 5.41) is 8.88. The van der Waals surface area contributed by atoms with Crippen molar-refractivity contribution in [3.05, 3.63) is 34.9 Å². The largest absolute Gasteiger partial charge is 0.384 e. The first kappa shape index (κ1) is 15.6. The predicted molar refractivity (Wildman–Crippen MR) is 84.0 cm³/mol. The maximum atomic E-state index is 12.9. The van der Waals surface area contributed by atoms with Gasteiger partial charge in [0.05, 0.1) is 5.56 Å². The quantitative estimate of drug-likeness (QED) is 0.864. The van der Waals surface area contributed by atoms with Crippen LogP contribution in [-0.2, 0) is 0 Å². The van der Waals surface area contributed by atoms with E-state index in [9.17, 15) is 4.79 Å². The van der Waals surface area contributed by atoms with Gasteiger partial charge in [0.15, 0.2) is 0 Å². The number of hydrogen-bond donors (Lipinski definition) is 1. The van der Waals surface area contributed by atoms with Crippen molar-refractivity contribution in [1.29, 1.82) is 0 Å². The first-order chi connectivity index (χ1) is 10.0. The molecule has 1 aliphatic carbocycles. The Balaban J connectivity index is 2.32. The van der Waals surface area contributed by atoms with E-state index in [1.54, 1.807) is 0 Å². The number of carbonyl (C=O) groups is 1. The van der Waals surface area contributed by atoms with E-state index in [4.69, 9.17) is 5.11 Å². The lowest BCUT2D eigenvalue weighted by Gasteiger charge is -2.25. The van der Waals surface area contributed by atoms with Crippen molar-refractivity contribution in [2.75, 3.05) is 13.2 Å². The molecule has 2 rings (SSSR count). The molecule has 1 saturated carbocycles. The second kappa shape index (κ2) is 6.78. The van der Waals surface area contributed by atoms with Crippen LogP contribution < -0.4 is 0 Å². The van der Waals surface area contributed by atoms with Gasteiger partial charge >= 0.3 is 0 Å². The van der Waals surface area contributed by atoms with Gasteiger partial charge in [0.25, 0.3) is 5.91 Å². The summed E-state index contributed by atoms with van der Waals surface area (Å²) in [6, 6.07) is 6.10. The lowest BCUT2D eigenvalue weighted by atomic mass is 10.0. The van der Waals surface area contributed by atoms with Crippen molar-refractivity contribution in [2.24, 2.45) is 5.92 Å². The van der Waals surface area contributed by atoms with Crippen molar-refractivity contribution >= 4 is 5.91 Å². The summed E-state index contributed by atoms with van der Waals surface area (Å²) in [5.74, 6) is 6.07. The zero-order chi connectivity index (χ0) is 15.4. The van der Waals surface area contributed by atoms with Crippen LogP contribution in [0.4, 0.5) is 0 Å². The predicted octanol–water partition coefficient (Wildman–Crippen LogP) is 2.60. The molecule has 0 saturated heterocycles. The number of rotatable bonds is 4. The zero-order valence-electron chi connectivity index (χ0n) is 13.0. The molecule has 1 aromatic rings. The molecule has 21 heavy (non-hydrogen) atoms. The van der Waals surface area contributed by atoms with E-state index in [0.717, 1.165) is 24.9 Å². The number of nitrogens with zero attached hydrogens (tertiary/aromatic N) is 1. The molecule has 0 aliphatic heterocycles. The maximum Gasteiger partial charge on any atom is 0.255 e. The molecule has 0 atom stereocenters. The molecule has 0 spiro atoms. The molecule has 3 heteroatoms. The Bertz CT molecular complexity index is 577. The molecule has 1 amide bonds. The molecular formula is C18H23NO2. The van der Waals surface area contributed by atoms with Crippen molar-refractivity contribution in [2.45, 2.75) is 39.7 Å². The third-order valence-electron chi connectivity index (χ3n) is 3.52. The Morgan fingerprint density at radius 3 is 2.71 bits per heavy atom. The normalized spacial score (nSPS) is 13.8. The minimum absolute atomic E-state index is 0.0634. The minimum Gasteiger partial charge on any atom is -0.384 e. The van der Waals surface area contributed by atoms with Gasteiger partial charge < -0.3 is 10.0 Å². The Kier molecular flexibility index (Phi) is 5.03. The van der Waals surface area contributed by atoms with Crippen LogP contribution in [0.15, 0.2) is 18.2 Å². The molecule has 1 aromatic carbocycles. The van der Waals surface area contributed by atoms with E-state index in [0.29, 0.717) is 23.1 Å². The van der Waals surface area contributed by atoms with Gasteiger partial charge in [-0.3, -0.25) is 4.79 Å². The zero-order valence-corrected chi connectivity index (χ0v) is 13.0. The van der Waals surface area contributed by atoms with Crippen LogP contribution >= 0.6 is 0 Å². The van der Waals surface area contributed by atoms with E-state index in [1.807, 2.05) is 30.0 Å². The summed E-state index contributed by atoms with van der Waals surface area (Å²) in [6.07, 6.45) is 2.20.